The van der Waals surface area contributed by atoms with Crippen LogP contribution in [-0.2, 0) is 19.3 Å². The van der Waals surface area contributed by atoms with Gasteiger partial charge < -0.3 is 10.2 Å². The minimum absolute atomic E-state index is 0. The molecule has 0 N–H and O–H groups in total. The number of aryl methyl sites for hydroxylation is 2. The van der Waals surface area contributed by atoms with E-state index in [1.165, 1.54) is 141 Å². The van der Waals surface area contributed by atoms with E-state index in [0.717, 1.165) is 47.9 Å². The summed E-state index contributed by atoms with van der Waals surface area (Å²) >= 11 is 0. The van der Waals surface area contributed by atoms with E-state index in [0.29, 0.717) is 6.42 Å². The fourth-order valence-electron chi connectivity index (χ4n) is 6.35. The van der Waals surface area contributed by atoms with Gasteiger partial charge in [-0.25, -0.2) is 0 Å². The average Bonchev–Trinajstić information content (AvgIpc) is 3.00. The summed E-state index contributed by atoms with van der Waals surface area (Å²) in [6, 6.07) is 11.7. The summed E-state index contributed by atoms with van der Waals surface area (Å²) in [6.45, 7) is 4.55. The van der Waals surface area contributed by atoms with E-state index in [4.69, 9.17) is 0 Å². The fourth-order valence-corrected chi connectivity index (χ4v) is 6.35. The van der Waals surface area contributed by atoms with E-state index in [2.05, 4.69) is 26.0 Å². The van der Waals surface area contributed by atoms with E-state index in [1.54, 1.807) is 12.1 Å². The molecule has 2 aromatic carbocycles. The van der Waals surface area contributed by atoms with Crippen LogP contribution in [0.15, 0.2) is 36.4 Å². The van der Waals surface area contributed by atoms with Crippen LogP contribution in [0.2, 0.25) is 0 Å². The van der Waals surface area contributed by atoms with Crippen LogP contribution in [-0.4, -0.2) is 37.7 Å². The molecule has 0 aromatic heterocycles. The van der Waals surface area contributed by atoms with Crippen molar-refractivity contribution in [3.05, 3.63) is 58.7 Å². The van der Waals surface area contributed by atoms with Crippen molar-refractivity contribution in [3.8, 4) is 11.5 Å². The Morgan fingerprint density at radius 3 is 0.932 bits per heavy atom. The van der Waals surface area contributed by atoms with Gasteiger partial charge in [-0.1, -0.05) is 203 Å². The Morgan fingerprint density at radius 1 is 0.386 bits per heavy atom. The summed E-state index contributed by atoms with van der Waals surface area (Å²) in [5, 5.41) is 25.6. The van der Waals surface area contributed by atoms with E-state index in [1.807, 2.05) is 12.1 Å². The zero-order valence-electron chi connectivity index (χ0n) is 29.1. The molecule has 0 bridgehead atoms. The molecule has 0 amide bonds. The minimum atomic E-state index is 0. The molecule has 0 spiro atoms. The minimum Gasteiger partial charge on any atom is -0.872 e. The molecule has 0 unspecified atom stereocenters. The quantitative estimate of drug-likeness (QED) is 0.0693. The van der Waals surface area contributed by atoms with Crippen LogP contribution in [0.25, 0.3) is 0 Å². The number of hydrogen-bond donors (Lipinski definition) is 0. The van der Waals surface area contributed by atoms with Crippen LogP contribution in [0.3, 0.4) is 0 Å². The molecule has 0 aliphatic rings. The topological polar surface area (TPSA) is 46.1 Å². The van der Waals surface area contributed by atoms with Crippen molar-refractivity contribution in [2.45, 2.75) is 187 Å². The van der Waals surface area contributed by atoms with Gasteiger partial charge in [0, 0.05) is 0 Å². The first-order chi connectivity index (χ1) is 21.1. The molecular weight excluding hydrogens is 565 g/mol. The maximum absolute atomic E-state index is 12.8. The Morgan fingerprint density at radius 2 is 0.659 bits per heavy atom. The second-order valence-electron chi connectivity index (χ2n) is 13.3. The molecule has 0 atom stereocenters. The van der Waals surface area contributed by atoms with Gasteiger partial charge in [0.2, 0.25) is 0 Å². The summed E-state index contributed by atoms with van der Waals surface area (Å²) in [5.41, 5.74) is 3.76. The van der Waals surface area contributed by atoms with Gasteiger partial charge in [0.25, 0.3) is 0 Å². The van der Waals surface area contributed by atoms with Gasteiger partial charge in [-0.2, -0.15) is 0 Å². The maximum atomic E-state index is 12.8. The average molecular weight is 631 g/mol. The van der Waals surface area contributed by atoms with Crippen LogP contribution in [0.1, 0.15) is 190 Å². The normalized spacial score (nSPS) is 11.1. The molecule has 2 nitrogen and oxygen atoms in total. The van der Waals surface area contributed by atoms with Crippen LogP contribution in [0.5, 0.6) is 11.5 Å². The van der Waals surface area contributed by atoms with Crippen molar-refractivity contribution in [2.24, 2.45) is 0 Å². The molecule has 0 aliphatic heterocycles. The predicted molar refractivity (Wildman–Crippen MR) is 190 cm³/mol. The summed E-state index contributed by atoms with van der Waals surface area (Å²) in [4.78, 5) is 0. The van der Waals surface area contributed by atoms with Crippen LogP contribution < -0.4 is 10.2 Å². The van der Waals surface area contributed by atoms with E-state index < -0.39 is 0 Å². The SMILES string of the molecule is CCCCCCCCCCCCCCc1ccc(Cc2ccc(CCCCCCCCCCCCCC)cc2[O-])c([O-])c1.[Ca+2]. The molecule has 0 heterocycles. The van der Waals surface area contributed by atoms with Crippen molar-refractivity contribution in [3.63, 3.8) is 0 Å². The standard InChI is InChI=1S/C41H68O2.Ca/c1-3-5-7-9-11-13-15-17-19-21-23-25-27-36-29-31-38(40(42)33-36)35-39-32-30-37(34-41(39)43)28-26-24-22-20-18-16-14-12-10-8-6-4-2;/h29-34,42-43H,3-28,35H2,1-2H3;/q;+2/p-2. The summed E-state index contributed by atoms with van der Waals surface area (Å²) in [5.74, 6) is 0.160. The Kier molecular flexibility index (Phi) is 26.8. The molecule has 44 heavy (non-hydrogen) atoms. The third kappa shape index (κ3) is 20.4. The third-order valence-corrected chi connectivity index (χ3v) is 9.28. The summed E-state index contributed by atoms with van der Waals surface area (Å²) in [7, 11) is 0. The van der Waals surface area contributed by atoms with Gasteiger partial charge in [-0.15, -0.1) is 11.5 Å². The van der Waals surface area contributed by atoms with Crippen molar-refractivity contribution in [1.82, 2.24) is 0 Å². The molecule has 0 aliphatic carbocycles. The first-order valence-electron chi connectivity index (χ1n) is 18.7. The monoisotopic (exact) mass is 630 g/mol. The van der Waals surface area contributed by atoms with Gasteiger partial charge in [0.1, 0.15) is 0 Å². The fraction of sp³-hybridized carbons (Fsp3) is 0.707. The Labute approximate surface area is 303 Å². The Balaban J connectivity index is 0.00000968. The molecular formula is C41H66CaO2. The molecule has 0 fully saturated rings. The molecule has 2 rings (SSSR count). The predicted octanol–water partition coefficient (Wildman–Crippen LogP) is 11.5. The second kappa shape index (κ2) is 28.5. The number of benzene rings is 2. The first kappa shape index (κ1) is 41.3. The van der Waals surface area contributed by atoms with Gasteiger partial charge in [0.15, 0.2) is 0 Å². The second-order valence-corrected chi connectivity index (χ2v) is 13.3. The molecule has 244 valence electrons. The first-order valence-corrected chi connectivity index (χ1v) is 18.7. The molecule has 0 saturated heterocycles. The zero-order valence-corrected chi connectivity index (χ0v) is 31.3. The van der Waals surface area contributed by atoms with Gasteiger partial charge in [-0.05, 0) is 43.2 Å². The van der Waals surface area contributed by atoms with Crippen LogP contribution in [0.4, 0.5) is 0 Å². The number of hydrogen-bond acceptors (Lipinski definition) is 2. The summed E-state index contributed by atoms with van der Waals surface area (Å²) in [6.07, 6.45) is 34.7. The van der Waals surface area contributed by atoms with Gasteiger partial charge in [-0.3, -0.25) is 0 Å². The number of unbranched alkanes of at least 4 members (excludes halogenated alkanes) is 22. The van der Waals surface area contributed by atoms with Crippen molar-refractivity contribution >= 4 is 37.7 Å². The van der Waals surface area contributed by atoms with Crippen LogP contribution in [0, 0.1) is 0 Å². The van der Waals surface area contributed by atoms with Crippen molar-refractivity contribution in [2.75, 3.05) is 0 Å². The molecule has 3 heteroatoms. The van der Waals surface area contributed by atoms with Crippen molar-refractivity contribution < 1.29 is 10.2 Å². The molecule has 0 radical (unpaired) electrons. The van der Waals surface area contributed by atoms with Gasteiger partial charge >= 0.3 is 37.7 Å². The molecule has 0 saturated carbocycles. The third-order valence-electron chi connectivity index (χ3n) is 9.28. The van der Waals surface area contributed by atoms with E-state index >= 15 is 0 Å². The van der Waals surface area contributed by atoms with Crippen molar-refractivity contribution in [1.29, 1.82) is 0 Å². The van der Waals surface area contributed by atoms with Gasteiger partial charge in [0.05, 0.1) is 0 Å². The number of rotatable bonds is 28. The summed E-state index contributed by atoms with van der Waals surface area (Å²) < 4.78 is 0. The van der Waals surface area contributed by atoms with E-state index in [-0.39, 0.29) is 49.2 Å². The molecule has 2 aromatic rings. The zero-order chi connectivity index (χ0) is 30.8. The smallest absolute Gasteiger partial charge is 0.872 e. The Hall–Kier alpha value is -0.700. The Bertz CT molecular complexity index is 865. The largest absolute Gasteiger partial charge is 2.00 e. The van der Waals surface area contributed by atoms with Crippen LogP contribution >= 0.6 is 0 Å². The maximum Gasteiger partial charge on any atom is 2.00 e. The van der Waals surface area contributed by atoms with E-state index in [9.17, 15) is 10.2 Å².